The third-order valence-corrected chi connectivity index (χ3v) is 3.95. The van der Waals surface area contributed by atoms with E-state index in [1.807, 2.05) is 14.0 Å². The van der Waals surface area contributed by atoms with Crippen molar-refractivity contribution in [1.29, 1.82) is 0 Å². The molecule has 2 heterocycles. The smallest absolute Gasteiger partial charge is 0.146 e. The summed E-state index contributed by atoms with van der Waals surface area (Å²) in [6, 6.07) is 0.373. The molecular weight excluding hydrogens is 214 g/mol. The summed E-state index contributed by atoms with van der Waals surface area (Å²) in [5.74, 6) is 2.65. The molecule has 2 unspecified atom stereocenters. The largest absolute Gasteiger partial charge is 0.327 e. The summed E-state index contributed by atoms with van der Waals surface area (Å²) in [5, 5.41) is 8.32. The van der Waals surface area contributed by atoms with Crippen LogP contribution in [0.25, 0.3) is 0 Å². The van der Waals surface area contributed by atoms with Crippen molar-refractivity contribution in [3.63, 3.8) is 0 Å². The van der Waals surface area contributed by atoms with Crippen LogP contribution in [-0.4, -0.2) is 38.8 Å². The third kappa shape index (κ3) is 2.66. The number of hydrogen-bond donors (Lipinski definition) is 1. The van der Waals surface area contributed by atoms with Gasteiger partial charge in [-0.1, -0.05) is 13.3 Å². The highest BCUT2D eigenvalue weighted by Gasteiger charge is 2.25. The van der Waals surface area contributed by atoms with E-state index in [2.05, 4.69) is 26.6 Å². The monoisotopic (exact) mass is 237 g/mol. The van der Waals surface area contributed by atoms with Crippen molar-refractivity contribution < 1.29 is 0 Å². The van der Waals surface area contributed by atoms with Gasteiger partial charge in [-0.05, 0) is 19.3 Å². The molecule has 1 aromatic rings. The Bertz CT molecular complexity index is 373. The second kappa shape index (κ2) is 5.14. The Morgan fingerprint density at radius 2 is 2.18 bits per heavy atom. The summed E-state index contributed by atoms with van der Waals surface area (Å²) in [6.07, 6.45) is 2.25. The van der Waals surface area contributed by atoms with Crippen LogP contribution in [0.4, 0.5) is 0 Å². The molecule has 0 aliphatic carbocycles. The molecule has 0 amide bonds. The molecule has 0 bridgehead atoms. The van der Waals surface area contributed by atoms with Crippen molar-refractivity contribution >= 4 is 0 Å². The predicted molar refractivity (Wildman–Crippen MR) is 67.4 cm³/mol. The average molecular weight is 237 g/mol. The van der Waals surface area contributed by atoms with Gasteiger partial charge in [0.25, 0.3) is 0 Å². The molecule has 1 aliphatic heterocycles. The zero-order chi connectivity index (χ0) is 12.4. The van der Waals surface area contributed by atoms with Gasteiger partial charge in [0.05, 0.1) is 6.54 Å². The van der Waals surface area contributed by atoms with Crippen molar-refractivity contribution in [3.05, 3.63) is 11.6 Å². The zero-order valence-corrected chi connectivity index (χ0v) is 11.1. The summed E-state index contributed by atoms with van der Waals surface area (Å²) < 4.78 is 2.06. The van der Waals surface area contributed by atoms with Gasteiger partial charge in [0.1, 0.15) is 11.6 Å². The summed E-state index contributed by atoms with van der Waals surface area (Å²) in [5.41, 5.74) is 6.12. The van der Waals surface area contributed by atoms with Crippen LogP contribution in [0.3, 0.4) is 0 Å². The maximum Gasteiger partial charge on any atom is 0.146 e. The minimum absolute atomic E-state index is 0.373. The van der Waals surface area contributed by atoms with Gasteiger partial charge in [0.2, 0.25) is 0 Å². The number of rotatable bonds is 3. The van der Waals surface area contributed by atoms with E-state index in [1.165, 1.54) is 0 Å². The molecule has 17 heavy (non-hydrogen) atoms. The van der Waals surface area contributed by atoms with Crippen molar-refractivity contribution in [2.45, 2.75) is 39.3 Å². The fourth-order valence-electron chi connectivity index (χ4n) is 2.49. The van der Waals surface area contributed by atoms with E-state index in [1.54, 1.807) is 0 Å². The number of hydrogen-bond acceptors (Lipinski definition) is 4. The van der Waals surface area contributed by atoms with E-state index in [4.69, 9.17) is 5.73 Å². The Kier molecular flexibility index (Phi) is 3.79. The highest BCUT2D eigenvalue weighted by molar-refractivity contribution is 4.94. The SMILES string of the molecule is CCC1CN(Cc2nnc(C)n2C)CCC1N. The molecule has 2 N–H and O–H groups in total. The van der Waals surface area contributed by atoms with Crippen LogP contribution in [0, 0.1) is 12.8 Å². The van der Waals surface area contributed by atoms with E-state index in [0.717, 1.165) is 44.1 Å². The van der Waals surface area contributed by atoms with Gasteiger partial charge in [0.15, 0.2) is 0 Å². The average Bonchev–Trinajstić information content (AvgIpc) is 2.63. The Morgan fingerprint density at radius 3 is 2.76 bits per heavy atom. The van der Waals surface area contributed by atoms with Crippen LogP contribution in [0.15, 0.2) is 0 Å². The van der Waals surface area contributed by atoms with E-state index in [-0.39, 0.29) is 0 Å². The molecule has 0 aromatic carbocycles. The highest BCUT2D eigenvalue weighted by atomic mass is 15.3. The number of nitrogens with two attached hydrogens (primary N) is 1. The van der Waals surface area contributed by atoms with Crippen molar-refractivity contribution in [3.8, 4) is 0 Å². The maximum atomic E-state index is 6.12. The fraction of sp³-hybridized carbons (Fsp3) is 0.833. The number of likely N-dealkylation sites (tertiary alicyclic amines) is 1. The third-order valence-electron chi connectivity index (χ3n) is 3.95. The second-order valence-corrected chi connectivity index (χ2v) is 5.08. The molecule has 96 valence electrons. The zero-order valence-electron chi connectivity index (χ0n) is 11.1. The van der Waals surface area contributed by atoms with Crippen molar-refractivity contribution in [2.24, 2.45) is 18.7 Å². The van der Waals surface area contributed by atoms with E-state index in [0.29, 0.717) is 12.0 Å². The van der Waals surface area contributed by atoms with Crippen LogP contribution in [0.1, 0.15) is 31.4 Å². The first-order chi connectivity index (χ1) is 8.11. The van der Waals surface area contributed by atoms with Gasteiger partial charge in [0, 0.05) is 26.2 Å². The quantitative estimate of drug-likeness (QED) is 0.840. The molecule has 5 heteroatoms. The summed E-state index contributed by atoms with van der Waals surface area (Å²) in [4.78, 5) is 2.45. The topological polar surface area (TPSA) is 60.0 Å². The maximum absolute atomic E-state index is 6.12. The normalized spacial score (nSPS) is 26.4. The molecule has 2 rings (SSSR count). The lowest BCUT2D eigenvalue weighted by atomic mass is 9.91. The van der Waals surface area contributed by atoms with Crippen LogP contribution in [0.2, 0.25) is 0 Å². The molecular formula is C12H23N5. The highest BCUT2D eigenvalue weighted by Crippen LogP contribution is 2.19. The standard InChI is InChI=1S/C12H23N5/c1-4-10-7-17(6-5-11(10)13)8-12-15-14-9(2)16(12)3/h10-11H,4-8,13H2,1-3H3. The molecule has 1 aromatic heterocycles. The molecule has 5 nitrogen and oxygen atoms in total. The van der Waals surface area contributed by atoms with Crippen LogP contribution in [0.5, 0.6) is 0 Å². The van der Waals surface area contributed by atoms with Crippen molar-refractivity contribution in [1.82, 2.24) is 19.7 Å². The number of aryl methyl sites for hydroxylation is 1. The first-order valence-corrected chi connectivity index (χ1v) is 6.44. The number of nitrogens with zero attached hydrogens (tertiary/aromatic N) is 4. The fourth-order valence-corrected chi connectivity index (χ4v) is 2.49. The first kappa shape index (κ1) is 12.5. The number of aromatic nitrogens is 3. The minimum Gasteiger partial charge on any atom is -0.327 e. The lowest BCUT2D eigenvalue weighted by Gasteiger charge is -2.36. The molecule has 0 saturated carbocycles. The van der Waals surface area contributed by atoms with Gasteiger partial charge < -0.3 is 10.3 Å². The van der Waals surface area contributed by atoms with Gasteiger partial charge in [-0.15, -0.1) is 10.2 Å². The summed E-state index contributed by atoms with van der Waals surface area (Å²) >= 11 is 0. The molecule has 0 spiro atoms. The number of piperidine rings is 1. The Morgan fingerprint density at radius 1 is 1.41 bits per heavy atom. The predicted octanol–water partition coefficient (Wildman–Crippen LogP) is 0.683. The van der Waals surface area contributed by atoms with Gasteiger partial charge >= 0.3 is 0 Å². The van der Waals surface area contributed by atoms with E-state index >= 15 is 0 Å². The lowest BCUT2D eigenvalue weighted by Crippen LogP contribution is -2.46. The van der Waals surface area contributed by atoms with E-state index < -0.39 is 0 Å². The lowest BCUT2D eigenvalue weighted by molar-refractivity contribution is 0.141. The molecule has 1 aliphatic rings. The van der Waals surface area contributed by atoms with Crippen LogP contribution in [-0.2, 0) is 13.6 Å². The van der Waals surface area contributed by atoms with Crippen LogP contribution < -0.4 is 5.73 Å². The summed E-state index contributed by atoms with van der Waals surface area (Å²) in [7, 11) is 2.03. The minimum atomic E-state index is 0.373. The Hall–Kier alpha value is -0.940. The van der Waals surface area contributed by atoms with Gasteiger partial charge in [-0.25, -0.2) is 0 Å². The van der Waals surface area contributed by atoms with Gasteiger partial charge in [-0.2, -0.15) is 0 Å². The summed E-state index contributed by atoms with van der Waals surface area (Å²) in [6.45, 7) is 7.26. The Balaban J connectivity index is 1.98. The molecule has 1 fully saturated rings. The second-order valence-electron chi connectivity index (χ2n) is 5.08. The van der Waals surface area contributed by atoms with Crippen molar-refractivity contribution in [2.75, 3.05) is 13.1 Å². The molecule has 1 saturated heterocycles. The van der Waals surface area contributed by atoms with Crippen LogP contribution >= 0.6 is 0 Å². The first-order valence-electron chi connectivity index (χ1n) is 6.44. The molecule has 0 radical (unpaired) electrons. The molecule has 2 atom stereocenters. The van der Waals surface area contributed by atoms with E-state index in [9.17, 15) is 0 Å². The van der Waals surface area contributed by atoms with Gasteiger partial charge in [-0.3, -0.25) is 4.90 Å². The Labute approximate surface area is 103 Å².